The minimum atomic E-state index is -0.417. The number of aromatic nitrogens is 2. The molecule has 10 heteroatoms. The summed E-state index contributed by atoms with van der Waals surface area (Å²) in [5.41, 5.74) is 3.65. The highest BCUT2D eigenvalue weighted by atomic mass is 79.9. The third kappa shape index (κ3) is 5.24. The van der Waals surface area contributed by atoms with Crippen molar-refractivity contribution in [1.82, 2.24) is 15.0 Å². The molecule has 0 atom stereocenters. The first-order valence-corrected chi connectivity index (χ1v) is 11.4. The maximum atomic E-state index is 13.2. The fourth-order valence-corrected chi connectivity index (χ4v) is 4.07. The van der Waals surface area contributed by atoms with E-state index in [1.165, 1.54) is 29.0 Å². The normalized spacial score (nSPS) is 11.2. The van der Waals surface area contributed by atoms with Crippen LogP contribution in [0.5, 0.6) is 11.5 Å². The monoisotopic (exact) mass is 524 g/mol. The number of rotatable bonds is 6. The van der Waals surface area contributed by atoms with E-state index in [4.69, 9.17) is 0 Å². The van der Waals surface area contributed by atoms with Gasteiger partial charge in [-0.15, -0.1) is 0 Å². The van der Waals surface area contributed by atoms with Crippen molar-refractivity contribution >= 4 is 50.7 Å². The Balaban J connectivity index is 1.55. The third-order valence-electron chi connectivity index (χ3n) is 4.57. The van der Waals surface area contributed by atoms with E-state index >= 15 is 0 Å². The number of fused-ring (bicyclic) bond motifs is 1. The van der Waals surface area contributed by atoms with Crippen molar-refractivity contribution in [2.24, 2.45) is 5.10 Å². The molecule has 0 aliphatic heterocycles. The molecular formula is C23H17BrN4O4S. The van der Waals surface area contributed by atoms with Crippen molar-refractivity contribution in [3.05, 3.63) is 87.1 Å². The first-order chi connectivity index (χ1) is 15.9. The van der Waals surface area contributed by atoms with E-state index < -0.39 is 5.91 Å². The SMILES string of the molecule is O=C(CSc1nc2ccccc2c(=O)n1-c1ccc(Br)cc1)N/N=C/c1ccc(O)cc1O. The van der Waals surface area contributed by atoms with E-state index in [0.29, 0.717) is 27.3 Å². The Morgan fingerprint density at radius 3 is 2.64 bits per heavy atom. The molecule has 1 heterocycles. The number of amides is 1. The van der Waals surface area contributed by atoms with E-state index in [0.717, 1.165) is 16.2 Å². The lowest BCUT2D eigenvalue weighted by Crippen LogP contribution is -2.24. The third-order valence-corrected chi connectivity index (χ3v) is 6.04. The lowest BCUT2D eigenvalue weighted by molar-refractivity contribution is -0.118. The molecule has 0 saturated heterocycles. The summed E-state index contributed by atoms with van der Waals surface area (Å²) in [6.07, 6.45) is 1.27. The number of halogens is 1. The van der Waals surface area contributed by atoms with Crippen LogP contribution in [0.25, 0.3) is 16.6 Å². The Morgan fingerprint density at radius 1 is 1.12 bits per heavy atom. The van der Waals surface area contributed by atoms with Gasteiger partial charge in [0.05, 0.1) is 28.6 Å². The smallest absolute Gasteiger partial charge is 0.266 e. The molecule has 0 saturated carbocycles. The second-order valence-corrected chi connectivity index (χ2v) is 8.71. The summed E-state index contributed by atoms with van der Waals surface area (Å²) in [6, 6.07) is 18.3. The van der Waals surface area contributed by atoms with Crippen LogP contribution in [0.15, 0.2) is 86.3 Å². The summed E-state index contributed by atoms with van der Waals surface area (Å²) in [5.74, 6) is -0.703. The molecule has 0 fully saturated rings. The van der Waals surface area contributed by atoms with Crippen molar-refractivity contribution in [1.29, 1.82) is 0 Å². The molecule has 0 aliphatic rings. The predicted molar refractivity (Wildman–Crippen MR) is 131 cm³/mol. The fraction of sp³-hybridized carbons (Fsp3) is 0.0435. The van der Waals surface area contributed by atoms with E-state index in [-0.39, 0.29) is 22.8 Å². The van der Waals surface area contributed by atoms with Crippen LogP contribution in [0.1, 0.15) is 5.56 Å². The first-order valence-electron chi connectivity index (χ1n) is 9.67. The summed E-state index contributed by atoms with van der Waals surface area (Å²) in [7, 11) is 0. The number of phenols is 2. The molecule has 0 unspecified atom stereocenters. The van der Waals surface area contributed by atoms with Gasteiger partial charge in [-0.1, -0.05) is 39.8 Å². The molecule has 0 radical (unpaired) electrons. The van der Waals surface area contributed by atoms with E-state index in [2.05, 4.69) is 31.4 Å². The molecule has 0 spiro atoms. The number of nitrogens with one attached hydrogen (secondary N) is 1. The minimum Gasteiger partial charge on any atom is -0.508 e. The number of benzene rings is 3. The van der Waals surface area contributed by atoms with Gasteiger partial charge in [0, 0.05) is 16.1 Å². The molecule has 0 aliphatic carbocycles. The summed E-state index contributed by atoms with van der Waals surface area (Å²) >= 11 is 4.50. The zero-order valence-corrected chi connectivity index (χ0v) is 19.4. The van der Waals surface area contributed by atoms with Crippen molar-refractivity contribution in [2.45, 2.75) is 5.16 Å². The topological polar surface area (TPSA) is 117 Å². The van der Waals surface area contributed by atoms with Gasteiger partial charge in [-0.25, -0.2) is 10.4 Å². The molecular weight excluding hydrogens is 508 g/mol. The second kappa shape index (κ2) is 9.88. The maximum absolute atomic E-state index is 13.2. The number of carbonyl (C=O) groups excluding carboxylic acids is 1. The fourth-order valence-electron chi connectivity index (χ4n) is 3.00. The predicted octanol–water partition coefficient (Wildman–Crippen LogP) is 3.80. The number of phenolic OH excluding ortho intramolecular Hbond substituents is 2. The van der Waals surface area contributed by atoms with Gasteiger partial charge in [0.1, 0.15) is 11.5 Å². The number of hydrazone groups is 1. The number of para-hydroxylation sites is 1. The number of nitrogens with zero attached hydrogens (tertiary/aromatic N) is 3. The minimum absolute atomic E-state index is 0.0415. The second-order valence-electron chi connectivity index (χ2n) is 6.85. The zero-order chi connectivity index (χ0) is 23.4. The quantitative estimate of drug-likeness (QED) is 0.153. The molecule has 3 aromatic carbocycles. The Labute approximate surface area is 200 Å². The molecule has 8 nitrogen and oxygen atoms in total. The molecule has 33 heavy (non-hydrogen) atoms. The van der Waals surface area contributed by atoms with Crippen molar-refractivity contribution in [3.8, 4) is 17.2 Å². The average molecular weight is 525 g/mol. The summed E-state index contributed by atoms with van der Waals surface area (Å²) in [5, 5.41) is 23.8. The van der Waals surface area contributed by atoms with Crippen molar-refractivity contribution in [2.75, 3.05) is 5.75 Å². The molecule has 4 rings (SSSR count). The Bertz CT molecular complexity index is 1420. The van der Waals surface area contributed by atoms with Gasteiger partial charge < -0.3 is 10.2 Å². The summed E-state index contributed by atoms with van der Waals surface area (Å²) in [4.78, 5) is 30.1. The number of carbonyl (C=O) groups is 1. The highest BCUT2D eigenvalue weighted by Crippen LogP contribution is 2.23. The maximum Gasteiger partial charge on any atom is 0.266 e. The number of hydrogen-bond donors (Lipinski definition) is 3. The standard InChI is InChI=1S/C23H17BrN4O4S/c24-15-6-8-16(9-7-15)28-22(32)18-3-1-2-4-19(18)26-23(28)33-13-21(31)27-25-12-14-5-10-17(29)11-20(14)30/h1-12,29-30H,13H2,(H,27,31)/b25-12+. The van der Waals surface area contributed by atoms with Gasteiger partial charge in [-0.2, -0.15) is 5.10 Å². The Morgan fingerprint density at radius 2 is 1.88 bits per heavy atom. The van der Waals surface area contributed by atoms with Crippen LogP contribution in [0.4, 0.5) is 0 Å². The van der Waals surface area contributed by atoms with Crippen LogP contribution in [0, 0.1) is 0 Å². The van der Waals surface area contributed by atoms with Crippen LogP contribution in [0.3, 0.4) is 0 Å². The van der Waals surface area contributed by atoms with E-state index in [1.807, 2.05) is 12.1 Å². The molecule has 166 valence electrons. The van der Waals surface area contributed by atoms with Gasteiger partial charge in [0.15, 0.2) is 5.16 Å². The van der Waals surface area contributed by atoms with Gasteiger partial charge >= 0.3 is 0 Å². The first kappa shape index (κ1) is 22.6. The van der Waals surface area contributed by atoms with Gasteiger partial charge in [0.2, 0.25) is 0 Å². The largest absolute Gasteiger partial charge is 0.508 e. The summed E-state index contributed by atoms with van der Waals surface area (Å²) in [6.45, 7) is 0. The van der Waals surface area contributed by atoms with Gasteiger partial charge in [0.25, 0.3) is 11.5 Å². The number of hydrogen-bond acceptors (Lipinski definition) is 7. The van der Waals surface area contributed by atoms with Crippen LogP contribution in [0.2, 0.25) is 0 Å². The zero-order valence-electron chi connectivity index (χ0n) is 17.0. The van der Waals surface area contributed by atoms with E-state index in [1.54, 1.807) is 36.4 Å². The van der Waals surface area contributed by atoms with Crippen molar-refractivity contribution < 1.29 is 15.0 Å². The highest BCUT2D eigenvalue weighted by Gasteiger charge is 2.14. The van der Waals surface area contributed by atoms with Crippen LogP contribution in [-0.4, -0.2) is 37.6 Å². The van der Waals surface area contributed by atoms with Gasteiger partial charge in [-0.3, -0.25) is 14.2 Å². The van der Waals surface area contributed by atoms with Crippen LogP contribution >= 0.6 is 27.7 Å². The lowest BCUT2D eigenvalue weighted by atomic mass is 10.2. The van der Waals surface area contributed by atoms with Gasteiger partial charge in [-0.05, 0) is 48.5 Å². The van der Waals surface area contributed by atoms with Crippen LogP contribution < -0.4 is 11.0 Å². The average Bonchev–Trinajstić information content (AvgIpc) is 2.80. The molecule has 3 N–H and O–H groups in total. The number of aromatic hydroxyl groups is 2. The molecule has 0 bridgehead atoms. The Kier molecular flexibility index (Phi) is 6.76. The number of thioether (sulfide) groups is 1. The summed E-state index contributed by atoms with van der Waals surface area (Å²) < 4.78 is 2.35. The highest BCUT2D eigenvalue weighted by molar-refractivity contribution is 9.10. The lowest BCUT2D eigenvalue weighted by Gasteiger charge is -2.13. The van der Waals surface area contributed by atoms with Crippen molar-refractivity contribution in [3.63, 3.8) is 0 Å². The molecule has 1 amide bonds. The molecule has 4 aromatic rings. The van der Waals surface area contributed by atoms with E-state index in [9.17, 15) is 19.8 Å². The Hall–Kier alpha value is -3.63. The molecule has 1 aromatic heterocycles. The van der Waals surface area contributed by atoms with Crippen LogP contribution in [-0.2, 0) is 4.79 Å².